The zero-order chi connectivity index (χ0) is 12.6. The van der Waals surface area contributed by atoms with Crippen LogP contribution in [0, 0.1) is 0 Å². The summed E-state index contributed by atoms with van der Waals surface area (Å²) in [7, 11) is 0. The Morgan fingerprint density at radius 1 is 1.35 bits per heavy atom. The molecule has 0 saturated heterocycles. The van der Waals surface area contributed by atoms with Gasteiger partial charge in [0.05, 0.1) is 11.0 Å². The minimum absolute atomic E-state index is 0.0105. The Kier molecular flexibility index (Phi) is 2.65. The minimum atomic E-state index is -4.64. The summed E-state index contributed by atoms with van der Waals surface area (Å²) in [6, 6.07) is 6.05. The molecule has 17 heavy (non-hydrogen) atoms. The van der Waals surface area contributed by atoms with Gasteiger partial charge in [-0.15, -0.1) is 0 Å². The summed E-state index contributed by atoms with van der Waals surface area (Å²) in [6.45, 7) is 1.51. The number of carbonyl (C=O) groups excluding carboxylic acids is 1. The molecule has 6 heteroatoms. The summed E-state index contributed by atoms with van der Waals surface area (Å²) in [5.41, 5.74) is 0.355. The molecule has 0 saturated carbocycles. The number of imidazole rings is 1. The number of benzene rings is 1. The Bertz CT molecular complexity index is 572. The molecule has 0 spiro atoms. The lowest BCUT2D eigenvalue weighted by atomic mass is 10.3. The zero-order valence-electron chi connectivity index (χ0n) is 8.95. The largest absolute Gasteiger partial charge is 0.450 e. The Morgan fingerprint density at radius 3 is 2.59 bits per heavy atom. The second kappa shape index (κ2) is 3.87. The molecule has 1 heterocycles. The lowest BCUT2D eigenvalue weighted by Crippen LogP contribution is -2.20. The minimum Gasteiger partial charge on any atom is -0.274 e. The van der Waals surface area contributed by atoms with Gasteiger partial charge in [-0.1, -0.05) is 19.1 Å². The molecular formula is C11H9F3N2O. The number of aromatic nitrogens is 2. The number of fused-ring (bicyclic) bond motifs is 1. The molecule has 0 radical (unpaired) electrons. The van der Waals surface area contributed by atoms with E-state index in [4.69, 9.17) is 0 Å². The Balaban J connectivity index is 2.79. The van der Waals surface area contributed by atoms with Crippen LogP contribution < -0.4 is 0 Å². The van der Waals surface area contributed by atoms with E-state index in [-0.39, 0.29) is 17.5 Å². The highest BCUT2D eigenvalue weighted by molar-refractivity contribution is 5.91. The van der Waals surface area contributed by atoms with E-state index >= 15 is 0 Å². The van der Waals surface area contributed by atoms with E-state index in [0.29, 0.717) is 4.57 Å². The van der Waals surface area contributed by atoms with Crippen molar-refractivity contribution in [2.45, 2.75) is 19.5 Å². The smallest absolute Gasteiger partial charge is 0.274 e. The van der Waals surface area contributed by atoms with Crippen LogP contribution in [0.1, 0.15) is 24.0 Å². The van der Waals surface area contributed by atoms with Crippen LogP contribution in [0.25, 0.3) is 11.0 Å². The molecule has 2 rings (SSSR count). The molecule has 3 nitrogen and oxygen atoms in total. The maximum atomic E-state index is 12.7. The van der Waals surface area contributed by atoms with E-state index < -0.39 is 17.9 Å². The fourth-order valence-corrected chi connectivity index (χ4v) is 1.63. The Morgan fingerprint density at radius 2 is 2.00 bits per heavy atom. The van der Waals surface area contributed by atoms with Crippen LogP contribution in [0.2, 0.25) is 0 Å². The van der Waals surface area contributed by atoms with Crippen molar-refractivity contribution >= 4 is 16.9 Å². The van der Waals surface area contributed by atoms with Gasteiger partial charge in [0, 0.05) is 6.42 Å². The molecule has 0 N–H and O–H groups in total. The first kappa shape index (κ1) is 11.6. The summed E-state index contributed by atoms with van der Waals surface area (Å²) in [6.07, 6.45) is -4.65. The monoisotopic (exact) mass is 242 g/mol. The molecule has 0 amide bonds. The van der Waals surface area contributed by atoms with Crippen molar-refractivity contribution in [1.29, 1.82) is 0 Å². The number of carbonyl (C=O) groups is 1. The van der Waals surface area contributed by atoms with Gasteiger partial charge in [-0.05, 0) is 12.1 Å². The SMILES string of the molecule is CCC(=O)n1c(C(F)(F)F)nc2ccccc21. The van der Waals surface area contributed by atoms with E-state index in [1.807, 2.05) is 0 Å². The lowest BCUT2D eigenvalue weighted by molar-refractivity contribution is -0.145. The predicted octanol–water partition coefficient (Wildman–Crippen LogP) is 3.11. The molecular weight excluding hydrogens is 233 g/mol. The van der Waals surface area contributed by atoms with Crippen LogP contribution >= 0.6 is 0 Å². The van der Waals surface area contributed by atoms with E-state index in [1.165, 1.54) is 19.1 Å². The third kappa shape index (κ3) is 1.90. The third-order valence-corrected chi connectivity index (χ3v) is 2.37. The van der Waals surface area contributed by atoms with Crippen molar-refractivity contribution in [2.24, 2.45) is 0 Å². The first-order valence-corrected chi connectivity index (χ1v) is 5.03. The van der Waals surface area contributed by atoms with Gasteiger partial charge >= 0.3 is 6.18 Å². The fraction of sp³-hybridized carbons (Fsp3) is 0.273. The van der Waals surface area contributed by atoms with Gasteiger partial charge in [0.25, 0.3) is 0 Å². The number of alkyl halides is 3. The summed E-state index contributed by atoms with van der Waals surface area (Å²) >= 11 is 0. The standard InChI is InChI=1S/C11H9F3N2O/c1-2-9(17)16-8-6-4-3-5-7(8)15-10(16)11(12,13)14/h3-6H,2H2,1H3. The summed E-state index contributed by atoms with van der Waals surface area (Å²) in [4.78, 5) is 15.0. The number of para-hydroxylation sites is 2. The summed E-state index contributed by atoms with van der Waals surface area (Å²) < 4.78 is 38.9. The van der Waals surface area contributed by atoms with Gasteiger partial charge in [0.2, 0.25) is 11.7 Å². The molecule has 0 aliphatic carbocycles. The molecule has 0 atom stereocenters. The van der Waals surface area contributed by atoms with Gasteiger partial charge in [-0.25, -0.2) is 4.98 Å². The van der Waals surface area contributed by atoms with Crippen LogP contribution in [0.3, 0.4) is 0 Å². The Hall–Kier alpha value is -1.85. The first-order chi connectivity index (χ1) is 7.95. The fourth-order valence-electron chi connectivity index (χ4n) is 1.63. The average Bonchev–Trinajstić information content (AvgIpc) is 2.67. The molecule has 0 unspecified atom stereocenters. The maximum absolute atomic E-state index is 12.7. The van der Waals surface area contributed by atoms with E-state index in [2.05, 4.69) is 4.98 Å². The van der Waals surface area contributed by atoms with Crippen molar-refractivity contribution in [2.75, 3.05) is 0 Å². The predicted molar refractivity (Wildman–Crippen MR) is 55.7 cm³/mol. The van der Waals surface area contributed by atoms with Crippen LogP contribution in [-0.2, 0) is 6.18 Å². The number of rotatable bonds is 1. The lowest BCUT2D eigenvalue weighted by Gasteiger charge is -2.08. The quantitative estimate of drug-likeness (QED) is 0.770. The van der Waals surface area contributed by atoms with E-state index in [1.54, 1.807) is 12.1 Å². The second-order valence-corrected chi connectivity index (χ2v) is 3.50. The van der Waals surface area contributed by atoms with Crippen LogP contribution in [0.4, 0.5) is 13.2 Å². The number of hydrogen-bond donors (Lipinski definition) is 0. The molecule has 0 aliphatic heterocycles. The summed E-state index contributed by atoms with van der Waals surface area (Å²) in [5, 5.41) is 0. The van der Waals surface area contributed by atoms with E-state index in [0.717, 1.165) is 0 Å². The zero-order valence-corrected chi connectivity index (χ0v) is 8.95. The van der Waals surface area contributed by atoms with Gasteiger partial charge in [-0.3, -0.25) is 9.36 Å². The van der Waals surface area contributed by atoms with E-state index in [9.17, 15) is 18.0 Å². The van der Waals surface area contributed by atoms with Gasteiger partial charge in [-0.2, -0.15) is 13.2 Å². The second-order valence-electron chi connectivity index (χ2n) is 3.50. The highest BCUT2D eigenvalue weighted by atomic mass is 19.4. The normalized spacial score (nSPS) is 12.0. The van der Waals surface area contributed by atoms with Gasteiger partial charge in [0.15, 0.2) is 0 Å². The van der Waals surface area contributed by atoms with Crippen molar-refractivity contribution in [3.8, 4) is 0 Å². The molecule has 1 aromatic heterocycles. The molecule has 0 bridgehead atoms. The number of halogens is 3. The molecule has 0 aliphatic rings. The Labute approximate surface area is 94.9 Å². The maximum Gasteiger partial charge on any atom is 0.450 e. The molecule has 90 valence electrons. The highest BCUT2D eigenvalue weighted by Gasteiger charge is 2.38. The third-order valence-electron chi connectivity index (χ3n) is 2.37. The average molecular weight is 242 g/mol. The topological polar surface area (TPSA) is 34.9 Å². The number of nitrogens with zero attached hydrogens (tertiary/aromatic N) is 2. The van der Waals surface area contributed by atoms with Gasteiger partial charge < -0.3 is 0 Å². The van der Waals surface area contributed by atoms with Crippen molar-refractivity contribution in [1.82, 2.24) is 9.55 Å². The van der Waals surface area contributed by atoms with Crippen molar-refractivity contribution < 1.29 is 18.0 Å². The molecule has 1 aromatic carbocycles. The van der Waals surface area contributed by atoms with Gasteiger partial charge in [0.1, 0.15) is 0 Å². The van der Waals surface area contributed by atoms with Crippen LogP contribution in [0.15, 0.2) is 24.3 Å². The summed E-state index contributed by atoms with van der Waals surface area (Å²) in [5.74, 6) is -1.78. The van der Waals surface area contributed by atoms with Crippen LogP contribution in [0.5, 0.6) is 0 Å². The molecule has 0 fully saturated rings. The highest BCUT2D eigenvalue weighted by Crippen LogP contribution is 2.31. The molecule has 2 aromatic rings. The van der Waals surface area contributed by atoms with Crippen molar-refractivity contribution in [3.63, 3.8) is 0 Å². The van der Waals surface area contributed by atoms with Crippen LogP contribution in [-0.4, -0.2) is 15.5 Å². The number of hydrogen-bond acceptors (Lipinski definition) is 2. The van der Waals surface area contributed by atoms with Crippen molar-refractivity contribution in [3.05, 3.63) is 30.1 Å². The first-order valence-electron chi connectivity index (χ1n) is 5.03.